The van der Waals surface area contributed by atoms with Crippen LogP contribution in [0.3, 0.4) is 0 Å². The minimum Gasteiger partial charge on any atom is -0.462 e. The van der Waals surface area contributed by atoms with E-state index < -0.39 is 12.2 Å². The van der Waals surface area contributed by atoms with Crippen molar-refractivity contribution in [3.63, 3.8) is 0 Å². The second-order valence-corrected chi connectivity index (χ2v) is 15.7. The first-order valence-electron chi connectivity index (χ1n) is 23.7. The van der Waals surface area contributed by atoms with Crippen LogP contribution in [0.15, 0.2) is 24.3 Å². The number of ether oxygens (including phenoxy) is 3. The van der Waals surface area contributed by atoms with Crippen LogP contribution in [0.5, 0.6) is 0 Å². The van der Waals surface area contributed by atoms with E-state index in [0.717, 1.165) is 64.5 Å². The van der Waals surface area contributed by atoms with Crippen molar-refractivity contribution in [1.29, 1.82) is 0 Å². The topological polar surface area (TPSA) is 94.2 Å². The molecule has 0 aromatic heterocycles. The lowest BCUT2D eigenvalue weighted by Gasteiger charge is -2.20. The minimum atomic E-state index is -0.853. The molecule has 0 aliphatic rings. The van der Waals surface area contributed by atoms with Gasteiger partial charge >= 0.3 is 18.0 Å². The molecule has 0 aliphatic heterocycles. The molecule has 1 unspecified atom stereocenters. The van der Waals surface area contributed by atoms with Crippen molar-refractivity contribution >= 4 is 18.0 Å². The van der Waals surface area contributed by atoms with Crippen molar-refractivity contribution in [2.45, 2.75) is 226 Å². The molecule has 8 heteroatoms. The molecule has 0 aromatic carbocycles. The number of allylic oxidation sites excluding steroid dienone is 4. The Morgan fingerprint density at radius 3 is 1.18 bits per heavy atom. The molecule has 0 heterocycles. The Labute approximate surface area is 346 Å². The second kappa shape index (κ2) is 43.8. The monoisotopic (exact) mass is 791 g/mol. The Kier molecular flexibility index (Phi) is 41.9. The molecule has 1 atom stereocenters. The summed E-state index contributed by atoms with van der Waals surface area (Å²) in [6.45, 7) is 11.4. The van der Waals surface area contributed by atoms with Crippen LogP contribution in [0, 0.1) is 0 Å². The van der Waals surface area contributed by atoms with Crippen molar-refractivity contribution in [2.75, 3.05) is 39.4 Å². The van der Waals surface area contributed by atoms with Crippen LogP contribution in [-0.4, -0.2) is 68.4 Å². The fraction of sp³-hybridized carbons (Fsp3) is 0.854. The van der Waals surface area contributed by atoms with Gasteiger partial charge in [0, 0.05) is 25.9 Å². The first kappa shape index (κ1) is 53.6. The van der Waals surface area contributed by atoms with Gasteiger partial charge in [0.15, 0.2) is 6.10 Å². The summed E-state index contributed by atoms with van der Waals surface area (Å²) in [7, 11) is 0. The van der Waals surface area contributed by atoms with E-state index in [0.29, 0.717) is 25.9 Å². The highest BCUT2D eigenvalue weighted by atomic mass is 16.6. The van der Waals surface area contributed by atoms with Crippen LogP contribution in [-0.2, 0) is 23.8 Å². The van der Waals surface area contributed by atoms with Gasteiger partial charge in [0.1, 0.15) is 13.2 Å². The molecule has 0 radical (unpaired) electrons. The number of likely N-dealkylation sites (N-methyl/N-ethyl adjacent to an activating group) is 1. The Balaban J connectivity index is 4.24. The standard InChI is InChI=1S/C48H90N2O6/c1-5-9-11-13-15-17-19-21-23-25-27-29-31-33-35-37-39-46(51)54-43-45(56-48(53)49-41-42-50(7-3)8-4)44-55-47(52)40-38-36-34-32-30-28-26-24-22-20-18-16-14-12-10-6-2/h23-26,45H,5-22,27-44H2,1-4H3,(H,49,53)/b25-23-,26-24?. The average Bonchev–Trinajstić information content (AvgIpc) is 3.20. The lowest BCUT2D eigenvalue weighted by Crippen LogP contribution is -2.39. The first-order valence-corrected chi connectivity index (χ1v) is 23.7. The van der Waals surface area contributed by atoms with Crippen molar-refractivity contribution < 1.29 is 28.6 Å². The van der Waals surface area contributed by atoms with Gasteiger partial charge in [-0.15, -0.1) is 0 Å². The minimum absolute atomic E-state index is 0.131. The Bertz CT molecular complexity index is 877. The van der Waals surface area contributed by atoms with Crippen molar-refractivity contribution in [2.24, 2.45) is 0 Å². The van der Waals surface area contributed by atoms with E-state index in [1.54, 1.807) is 0 Å². The Morgan fingerprint density at radius 2 is 0.821 bits per heavy atom. The number of alkyl carbamates (subject to hydrolysis) is 1. The molecule has 0 bridgehead atoms. The number of hydrogen-bond donors (Lipinski definition) is 1. The maximum absolute atomic E-state index is 12.5. The number of nitrogens with zero attached hydrogens (tertiary/aromatic N) is 1. The van der Waals surface area contributed by atoms with Gasteiger partial charge in [-0.2, -0.15) is 0 Å². The summed E-state index contributed by atoms with van der Waals surface area (Å²) < 4.78 is 16.5. The average molecular weight is 791 g/mol. The van der Waals surface area contributed by atoms with Crippen LogP contribution in [0.1, 0.15) is 220 Å². The number of carbonyl (C=O) groups excluding carboxylic acids is 3. The molecule has 0 rings (SSSR count). The second-order valence-electron chi connectivity index (χ2n) is 15.7. The predicted molar refractivity (Wildman–Crippen MR) is 236 cm³/mol. The van der Waals surface area contributed by atoms with Crippen LogP contribution < -0.4 is 5.32 Å². The van der Waals surface area contributed by atoms with E-state index >= 15 is 0 Å². The number of unbranched alkanes of at least 4 members (excludes halogenated alkanes) is 24. The van der Waals surface area contributed by atoms with Gasteiger partial charge < -0.3 is 24.4 Å². The molecular weight excluding hydrogens is 701 g/mol. The van der Waals surface area contributed by atoms with E-state index in [4.69, 9.17) is 14.2 Å². The molecule has 0 spiro atoms. The first-order chi connectivity index (χ1) is 27.5. The summed E-state index contributed by atoms with van der Waals surface area (Å²) in [5, 5.41) is 2.77. The maximum Gasteiger partial charge on any atom is 0.407 e. The van der Waals surface area contributed by atoms with E-state index in [9.17, 15) is 14.4 Å². The van der Waals surface area contributed by atoms with Crippen molar-refractivity contribution in [1.82, 2.24) is 10.2 Å². The fourth-order valence-corrected chi connectivity index (χ4v) is 6.71. The van der Waals surface area contributed by atoms with Gasteiger partial charge in [0.05, 0.1) is 0 Å². The highest BCUT2D eigenvalue weighted by Gasteiger charge is 2.19. The van der Waals surface area contributed by atoms with Gasteiger partial charge in [-0.25, -0.2) is 4.79 Å². The lowest BCUT2D eigenvalue weighted by molar-refractivity contribution is -0.152. The summed E-state index contributed by atoms with van der Waals surface area (Å²) in [6, 6.07) is 0. The number of rotatable bonds is 42. The molecule has 0 aromatic rings. The molecule has 0 saturated carbocycles. The van der Waals surface area contributed by atoms with Gasteiger partial charge in [0.2, 0.25) is 0 Å². The van der Waals surface area contributed by atoms with E-state index in [1.165, 1.54) is 128 Å². The van der Waals surface area contributed by atoms with Gasteiger partial charge in [0.25, 0.3) is 0 Å². The van der Waals surface area contributed by atoms with Gasteiger partial charge in [-0.05, 0) is 77.3 Å². The molecule has 1 amide bonds. The summed E-state index contributed by atoms with van der Waals surface area (Å²) >= 11 is 0. The summed E-state index contributed by atoms with van der Waals surface area (Å²) in [4.78, 5) is 39.7. The van der Waals surface area contributed by atoms with Crippen LogP contribution in [0.25, 0.3) is 0 Å². The van der Waals surface area contributed by atoms with Gasteiger partial charge in [-0.1, -0.05) is 168 Å². The van der Waals surface area contributed by atoms with Gasteiger partial charge in [-0.3, -0.25) is 9.59 Å². The zero-order valence-electron chi connectivity index (χ0n) is 37.2. The van der Waals surface area contributed by atoms with Crippen LogP contribution in [0.4, 0.5) is 4.79 Å². The molecular formula is C48H90N2O6. The zero-order chi connectivity index (χ0) is 41.0. The molecule has 0 saturated heterocycles. The predicted octanol–water partition coefficient (Wildman–Crippen LogP) is 13.4. The number of carbonyl (C=O) groups is 3. The molecule has 328 valence electrons. The van der Waals surface area contributed by atoms with E-state index in [2.05, 4.69) is 62.2 Å². The normalized spacial score (nSPS) is 12.2. The highest BCUT2D eigenvalue weighted by Crippen LogP contribution is 2.13. The maximum atomic E-state index is 12.5. The fourth-order valence-electron chi connectivity index (χ4n) is 6.71. The summed E-state index contributed by atoms with van der Waals surface area (Å²) in [5.74, 6) is -0.632. The molecule has 0 fully saturated rings. The molecule has 1 N–H and O–H groups in total. The van der Waals surface area contributed by atoms with E-state index in [-0.39, 0.29) is 25.2 Å². The third-order valence-electron chi connectivity index (χ3n) is 10.5. The summed E-state index contributed by atoms with van der Waals surface area (Å²) in [6.07, 6.45) is 42.6. The number of hydrogen-bond acceptors (Lipinski definition) is 7. The lowest BCUT2D eigenvalue weighted by atomic mass is 10.1. The number of nitrogens with one attached hydrogen (secondary N) is 1. The zero-order valence-corrected chi connectivity index (χ0v) is 37.2. The van der Waals surface area contributed by atoms with Crippen molar-refractivity contribution in [3.8, 4) is 0 Å². The van der Waals surface area contributed by atoms with E-state index in [1.807, 2.05) is 0 Å². The molecule has 56 heavy (non-hydrogen) atoms. The molecule has 0 aliphatic carbocycles. The highest BCUT2D eigenvalue weighted by molar-refractivity contribution is 5.70. The third-order valence-corrected chi connectivity index (χ3v) is 10.5. The SMILES string of the molecule is CCCCCCCCCC=CCCCCCCCC(=O)OCC(COC(=O)CCCCCCC/C=C\CCCCCCCCC)OC(=O)NCCN(CC)CC. The van der Waals surface area contributed by atoms with Crippen molar-refractivity contribution in [3.05, 3.63) is 24.3 Å². The van der Waals surface area contributed by atoms with Crippen LogP contribution in [0.2, 0.25) is 0 Å². The largest absolute Gasteiger partial charge is 0.462 e. The quantitative estimate of drug-likeness (QED) is 0.0285. The smallest absolute Gasteiger partial charge is 0.407 e. The third kappa shape index (κ3) is 39.9. The Hall–Kier alpha value is -2.35. The number of esters is 2. The molecule has 8 nitrogen and oxygen atoms in total. The number of amides is 1. The Morgan fingerprint density at radius 1 is 0.482 bits per heavy atom. The van der Waals surface area contributed by atoms with Crippen LogP contribution >= 0.6 is 0 Å². The summed E-state index contributed by atoms with van der Waals surface area (Å²) in [5.41, 5.74) is 0.